The summed E-state index contributed by atoms with van der Waals surface area (Å²) >= 11 is 3.87. The number of esters is 1. The van der Waals surface area contributed by atoms with Crippen LogP contribution in [0.15, 0.2) is 35.5 Å². The van der Waals surface area contributed by atoms with Crippen molar-refractivity contribution in [2.75, 3.05) is 23.0 Å². The normalized spacial score (nSPS) is 12.4. The Morgan fingerprint density at radius 2 is 1.86 bits per heavy atom. The van der Waals surface area contributed by atoms with E-state index in [9.17, 15) is 14.4 Å². The molecule has 4 aromatic rings. The molecule has 2 amide bonds. The summed E-state index contributed by atoms with van der Waals surface area (Å²) in [6.07, 6.45) is 3.01. The molecule has 0 saturated carbocycles. The van der Waals surface area contributed by atoms with Crippen LogP contribution in [0.5, 0.6) is 0 Å². The summed E-state index contributed by atoms with van der Waals surface area (Å²) in [4.78, 5) is 53.6. The van der Waals surface area contributed by atoms with E-state index in [1.807, 2.05) is 18.2 Å². The van der Waals surface area contributed by atoms with Crippen LogP contribution in [0.25, 0.3) is 10.2 Å². The number of hydrogen-bond acceptors (Lipinski definition) is 10. The van der Waals surface area contributed by atoms with Gasteiger partial charge in [-0.2, -0.15) is 0 Å². The number of thiazole rings is 1. The van der Waals surface area contributed by atoms with Crippen molar-refractivity contribution >= 4 is 73.4 Å². The number of fused-ring (bicyclic) bond motifs is 3. The van der Waals surface area contributed by atoms with Crippen molar-refractivity contribution in [3.8, 4) is 0 Å². The molecule has 1 aliphatic rings. The number of rotatable bonds is 8. The second kappa shape index (κ2) is 11.0. The zero-order valence-corrected chi connectivity index (χ0v) is 22.6. The number of nitrogens with one attached hydrogen (secondary N) is 2. The predicted octanol–water partition coefficient (Wildman–Crippen LogP) is 5.10. The van der Waals surface area contributed by atoms with Crippen molar-refractivity contribution < 1.29 is 19.1 Å². The molecule has 0 unspecified atom stereocenters. The third-order valence-electron chi connectivity index (χ3n) is 5.65. The van der Waals surface area contributed by atoms with Gasteiger partial charge in [0.1, 0.15) is 15.5 Å². The number of carbonyl (C=O) groups excluding carboxylic acids is 3. The Hall–Kier alpha value is -3.35. The number of amides is 2. The van der Waals surface area contributed by atoms with Gasteiger partial charge < -0.3 is 15.4 Å². The summed E-state index contributed by atoms with van der Waals surface area (Å²) in [6, 6.07) is 8.98. The Morgan fingerprint density at radius 1 is 1.05 bits per heavy atom. The number of anilines is 2. The molecule has 0 aliphatic heterocycles. The van der Waals surface area contributed by atoms with E-state index in [-0.39, 0.29) is 24.2 Å². The molecule has 0 fully saturated rings. The average molecular weight is 554 g/mol. The number of thioether (sulfide) groups is 1. The maximum absolute atomic E-state index is 12.9. The summed E-state index contributed by atoms with van der Waals surface area (Å²) in [5.74, 6) is -0.501. The van der Waals surface area contributed by atoms with E-state index >= 15 is 0 Å². The highest BCUT2D eigenvalue weighted by Gasteiger charge is 2.24. The molecule has 9 nitrogen and oxygen atoms in total. The molecule has 1 aliphatic carbocycles. The van der Waals surface area contributed by atoms with E-state index in [0.717, 1.165) is 40.8 Å². The Labute approximate surface area is 225 Å². The van der Waals surface area contributed by atoms with Gasteiger partial charge in [0.25, 0.3) is 5.91 Å². The molecule has 3 aromatic heterocycles. The van der Waals surface area contributed by atoms with Gasteiger partial charge in [-0.25, -0.2) is 19.7 Å². The van der Waals surface area contributed by atoms with Gasteiger partial charge in [-0.1, -0.05) is 41.3 Å². The van der Waals surface area contributed by atoms with Gasteiger partial charge in [-0.05, 0) is 50.8 Å². The van der Waals surface area contributed by atoms with Crippen molar-refractivity contribution in [2.45, 2.75) is 38.3 Å². The minimum absolute atomic E-state index is 0.0377. The first-order chi connectivity index (χ1) is 17.9. The van der Waals surface area contributed by atoms with E-state index in [1.165, 1.54) is 22.2 Å². The van der Waals surface area contributed by atoms with E-state index < -0.39 is 5.97 Å². The van der Waals surface area contributed by atoms with Gasteiger partial charge in [0.15, 0.2) is 10.3 Å². The number of nitrogens with zero attached hydrogens (tertiary/aromatic N) is 3. The third kappa shape index (κ3) is 5.50. The van der Waals surface area contributed by atoms with Crippen molar-refractivity contribution in [3.63, 3.8) is 0 Å². The Bertz CT molecular complexity index is 1500. The number of thiophene rings is 1. The van der Waals surface area contributed by atoms with E-state index in [1.54, 1.807) is 37.3 Å². The lowest BCUT2D eigenvalue weighted by Gasteiger charge is -2.09. The molecule has 0 saturated heterocycles. The smallest absolute Gasteiger partial charge is 0.350 e. The predicted molar refractivity (Wildman–Crippen MR) is 146 cm³/mol. The van der Waals surface area contributed by atoms with Crippen LogP contribution in [0.2, 0.25) is 0 Å². The maximum atomic E-state index is 12.9. The Kier molecular flexibility index (Phi) is 7.49. The second-order valence-corrected chi connectivity index (χ2v) is 11.2. The number of carbonyl (C=O) groups is 3. The molecule has 2 N–H and O–H groups in total. The third-order valence-corrected chi connectivity index (χ3v) is 8.73. The van der Waals surface area contributed by atoms with Crippen LogP contribution >= 0.6 is 34.4 Å². The number of aromatic nitrogens is 3. The maximum Gasteiger partial charge on any atom is 0.350 e. The molecule has 0 bridgehead atoms. The van der Waals surface area contributed by atoms with Gasteiger partial charge in [0.2, 0.25) is 5.91 Å². The average Bonchev–Trinajstić information content (AvgIpc) is 3.57. The number of hydrogen-bond donors (Lipinski definition) is 2. The van der Waals surface area contributed by atoms with Crippen molar-refractivity contribution in [1.29, 1.82) is 0 Å². The van der Waals surface area contributed by atoms with Gasteiger partial charge in [-0.3, -0.25) is 9.59 Å². The molecular weight excluding hydrogens is 531 g/mol. The lowest BCUT2D eigenvalue weighted by atomic mass is 10.1. The van der Waals surface area contributed by atoms with Crippen molar-refractivity contribution in [1.82, 2.24) is 15.0 Å². The highest BCUT2D eigenvalue weighted by atomic mass is 32.2. The fourth-order valence-corrected chi connectivity index (χ4v) is 6.86. The first-order valence-electron chi connectivity index (χ1n) is 11.7. The molecule has 190 valence electrons. The van der Waals surface area contributed by atoms with Crippen molar-refractivity contribution in [3.05, 3.63) is 56.9 Å². The van der Waals surface area contributed by atoms with Gasteiger partial charge in [-0.15, -0.1) is 11.3 Å². The molecule has 0 spiro atoms. The number of benzene rings is 1. The molecule has 12 heteroatoms. The minimum Gasteiger partial charge on any atom is -0.462 e. The lowest BCUT2D eigenvalue weighted by Crippen LogP contribution is -2.15. The molecule has 37 heavy (non-hydrogen) atoms. The Morgan fingerprint density at radius 3 is 2.65 bits per heavy atom. The second-order valence-electron chi connectivity index (χ2n) is 8.20. The van der Waals surface area contributed by atoms with Crippen LogP contribution < -0.4 is 10.6 Å². The highest BCUT2D eigenvalue weighted by molar-refractivity contribution is 7.99. The monoisotopic (exact) mass is 553 g/mol. The molecule has 1 aromatic carbocycles. The quantitative estimate of drug-likeness (QED) is 0.175. The fraction of sp³-hybridized carbons (Fsp3) is 0.280. The first kappa shape index (κ1) is 25.3. The standard InChI is InChI=1S/C25H23N5O4S3/c1-3-34-23(33)19-13(2)26-25(37-19)27-17(31)12-35-24-29-20(28-21(32)14-8-5-4-6-9-14)18-15-10-7-11-16(15)36-22(18)30-24/h4-6,8-9H,3,7,10-12H2,1-2H3,(H,26,27,31)(H,28,29,30,32). The van der Waals surface area contributed by atoms with Crippen LogP contribution in [0, 0.1) is 6.92 Å². The lowest BCUT2D eigenvalue weighted by molar-refractivity contribution is -0.113. The SMILES string of the molecule is CCOC(=O)c1sc(NC(=O)CSc2nc(NC(=O)c3ccccc3)c3c4c(sc3n2)CCC4)nc1C. The van der Waals surface area contributed by atoms with Gasteiger partial charge >= 0.3 is 5.97 Å². The summed E-state index contributed by atoms with van der Waals surface area (Å²) in [7, 11) is 0. The van der Waals surface area contributed by atoms with E-state index in [4.69, 9.17) is 4.74 Å². The number of ether oxygens (including phenoxy) is 1. The topological polar surface area (TPSA) is 123 Å². The zero-order valence-electron chi connectivity index (χ0n) is 20.1. The largest absolute Gasteiger partial charge is 0.462 e. The van der Waals surface area contributed by atoms with E-state index in [2.05, 4.69) is 25.6 Å². The van der Waals surface area contributed by atoms with Gasteiger partial charge in [0, 0.05) is 10.4 Å². The molecule has 0 atom stereocenters. The van der Waals surface area contributed by atoms with Crippen LogP contribution in [-0.4, -0.2) is 45.1 Å². The Balaban J connectivity index is 1.33. The minimum atomic E-state index is -0.456. The van der Waals surface area contributed by atoms with Crippen LogP contribution in [0.1, 0.15) is 49.5 Å². The molecule has 3 heterocycles. The highest BCUT2D eigenvalue weighted by Crippen LogP contribution is 2.40. The summed E-state index contributed by atoms with van der Waals surface area (Å²) < 4.78 is 5.03. The van der Waals surface area contributed by atoms with Crippen LogP contribution in [-0.2, 0) is 22.4 Å². The zero-order chi connectivity index (χ0) is 25.9. The first-order valence-corrected chi connectivity index (χ1v) is 14.3. The van der Waals surface area contributed by atoms with E-state index in [0.29, 0.717) is 32.2 Å². The van der Waals surface area contributed by atoms with Crippen LogP contribution in [0.3, 0.4) is 0 Å². The number of aryl methyl sites for hydroxylation is 3. The summed E-state index contributed by atoms with van der Waals surface area (Å²) in [6.45, 7) is 3.69. The summed E-state index contributed by atoms with van der Waals surface area (Å²) in [5.41, 5.74) is 2.24. The van der Waals surface area contributed by atoms with Crippen molar-refractivity contribution in [2.24, 2.45) is 0 Å². The van der Waals surface area contributed by atoms with Gasteiger partial charge in [0.05, 0.1) is 23.4 Å². The molecule has 0 radical (unpaired) electrons. The van der Waals surface area contributed by atoms with Crippen LogP contribution in [0.4, 0.5) is 10.9 Å². The molecule has 5 rings (SSSR count). The fourth-order valence-electron chi connectivity index (χ4n) is 4.02. The molecular formula is C25H23N5O4S3. The summed E-state index contributed by atoms with van der Waals surface area (Å²) in [5, 5.41) is 7.30.